The fourth-order valence-electron chi connectivity index (χ4n) is 2.00. The second-order valence-corrected chi connectivity index (χ2v) is 4.22. The van der Waals surface area contributed by atoms with Gasteiger partial charge in [0, 0.05) is 5.92 Å². The number of aliphatic carboxylic acids is 1. The second-order valence-electron chi connectivity index (χ2n) is 4.22. The molecule has 1 aliphatic rings. The van der Waals surface area contributed by atoms with E-state index < -0.39 is 11.5 Å². The van der Waals surface area contributed by atoms with E-state index in [0.717, 1.165) is 5.56 Å². The number of carboxylic acids is 1. The van der Waals surface area contributed by atoms with Gasteiger partial charge in [0.25, 0.3) is 0 Å². The fourth-order valence-corrected chi connectivity index (χ4v) is 2.00. The van der Waals surface area contributed by atoms with Gasteiger partial charge in [0.2, 0.25) is 0 Å². The van der Waals surface area contributed by atoms with Crippen LogP contribution in [-0.4, -0.2) is 30.8 Å². The van der Waals surface area contributed by atoms with Gasteiger partial charge in [-0.15, -0.1) is 0 Å². The molecule has 0 spiro atoms. The molecule has 0 amide bonds. The van der Waals surface area contributed by atoms with Crippen LogP contribution in [0.2, 0.25) is 0 Å². The van der Waals surface area contributed by atoms with Crippen LogP contribution in [0.4, 0.5) is 0 Å². The topological polar surface area (TPSA) is 81.8 Å². The van der Waals surface area contributed by atoms with Crippen LogP contribution < -0.4 is 15.2 Å². The van der Waals surface area contributed by atoms with Crippen LogP contribution in [0, 0.1) is 0 Å². The van der Waals surface area contributed by atoms with E-state index in [9.17, 15) is 4.79 Å². The first kappa shape index (κ1) is 11.7. The summed E-state index contributed by atoms with van der Waals surface area (Å²) in [4.78, 5) is 11.0. The van der Waals surface area contributed by atoms with Gasteiger partial charge in [0.15, 0.2) is 11.5 Å². The predicted molar refractivity (Wildman–Crippen MR) is 61.5 cm³/mol. The second kappa shape index (κ2) is 3.92. The van der Waals surface area contributed by atoms with Crippen molar-refractivity contribution in [1.82, 2.24) is 0 Å². The minimum atomic E-state index is -1.13. The summed E-state index contributed by atoms with van der Waals surface area (Å²) in [6, 6.07) is 5.36. The van der Waals surface area contributed by atoms with E-state index in [1.54, 1.807) is 26.4 Å². The van der Waals surface area contributed by atoms with Crippen molar-refractivity contribution in [2.75, 3.05) is 14.2 Å². The zero-order valence-corrected chi connectivity index (χ0v) is 9.77. The number of carbonyl (C=O) groups is 1. The average Bonchev–Trinajstić information content (AvgIpc) is 3.02. The van der Waals surface area contributed by atoms with E-state index in [0.29, 0.717) is 17.9 Å². The van der Waals surface area contributed by atoms with Gasteiger partial charge in [-0.3, -0.25) is 4.79 Å². The lowest BCUT2D eigenvalue weighted by atomic mass is 10.1. The Balaban J connectivity index is 2.28. The molecule has 5 nitrogen and oxygen atoms in total. The number of rotatable bonds is 4. The Kier molecular flexibility index (Phi) is 2.71. The fraction of sp³-hybridized carbons (Fsp3) is 0.417. The van der Waals surface area contributed by atoms with E-state index in [1.165, 1.54) is 0 Å². The van der Waals surface area contributed by atoms with Gasteiger partial charge in [-0.1, -0.05) is 6.07 Å². The Hall–Kier alpha value is -1.75. The summed E-state index contributed by atoms with van der Waals surface area (Å²) >= 11 is 0. The third-order valence-electron chi connectivity index (χ3n) is 3.21. The molecular formula is C12H15NO4. The Labute approximate surface area is 99.1 Å². The quantitative estimate of drug-likeness (QED) is 0.815. The van der Waals surface area contributed by atoms with Gasteiger partial charge in [-0.25, -0.2) is 0 Å². The van der Waals surface area contributed by atoms with Gasteiger partial charge >= 0.3 is 5.97 Å². The van der Waals surface area contributed by atoms with E-state index in [4.69, 9.17) is 20.3 Å². The summed E-state index contributed by atoms with van der Waals surface area (Å²) in [6.45, 7) is 0. The number of nitrogens with two attached hydrogens (primary N) is 1. The largest absolute Gasteiger partial charge is 0.493 e. The monoisotopic (exact) mass is 237 g/mol. The van der Waals surface area contributed by atoms with E-state index >= 15 is 0 Å². The van der Waals surface area contributed by atoms with Gasteiger partial charge in [-0.2, -0.15) is 0 Å². The number of ether oxygens (including phenoxy) is 2. The number of methoxy groups -OCH3 is 2. The smallest absolute Gasteiger partial charge is 0.324 e. The predicted octanol–water partition coefficient (Wildman–Crippen LogP) is 0.973. The molecule has 0 aromatic heterocycles. The lowest BCUT2D eigenvalue weighted by molar-refractivity contribution is -0.139. The van der Waals surface area contributed by atoms with Crippen LogP contribution in [0.3, 0.4) is 0 Å². The number of carboxylic acid groups (broad SMARTS) is 1. The Morgan fingerprint density at radius 1 is 1.41 bits per heavy atom. The van der Waals surface area contributed by atoms with Gasteiger partial charge in [-0.05, 0) is 24.1 Å². The van der Waals surface area contributed by atoms with Crippen molar-refractivity contribution in [3.8, 4) is 11.5 Å². The zero-order valence-electron chi connectivity index (χ0n) is 9.77. The van der Waals surface area contributed by atoms with Crippen LogP contribution >= 0.6 is 0 Å². The summed E-state index contributed by atoms with van der Waals surface area (Å²) in [5.74, 6) is 0.0941. The van der Waals surface area contributed by atoms with Crippen LogP contribution in [0.25, 0.3) is 0 Å². The summed E-state index contributed by atoms with van der Waals surface area (Å²) in [6.07, 6.45) is 0.456. The van der Waals surface area contributed by atoms with E-state index in [2.05, 4.69) is 0 Å². The molecular weight excluding hydrogens is 222 g/mol. The van der Waals surface area contributed by atoms with Crippen molar-refractivity contribution in [2.45, 2.75) is 17.9 Å². The van der Waals surface area contributed by atoms with Crippen LogP contribution in [-0.2, 0) is 4.79 Å². The van der Waals surface area contributed by atoms with Crippen LogP contribution in [0.1, 0.15) is 17.9 Å². The van der Waals surface area contributed by atoms with Gasteiger partial charge in [0.1, 0.15) is 5.54 Å². The molecule has 2 unspecified atom stereocenters. The third-order valence-corrected chi connectivity index (χ3v) is 3.21. The standard InChI is InChI=1S/C12H15NO4/c1-16-9-4-3-7(5-10(9)17-2)8-6-12(8,13)11(14)15/h3-5,8H,6,13H2,1-2H3,(H,14,15). The minimum absolute atomic E-state index is 0.153. The highest BCUT2D eigenvalue weighted by Crippen LogP contribution is 2.50. The van der Waals surface area contributed by atoms with Gasteiger partial charge < -0.3 is 20.3 Å². The molecule has 0 saturated heterocycles. The lowest BCUT2D eigenvalue weighted by Gasteiger charge is -2.10. The molecule has 17 heavy (non-hydrogen) atoms. The molecule has 3 N–H and O–H groups in total. The molecule has 0 aliphatic heterocycles. The first-order chi connectivity index (χ1) is 8.02. The highest BCUT2D eigenvalue weighted by molar-refractivity contribution is 5.85. The first-order valence-electron chi connectivity index (χ1n) is 5.27. The first-order valence-corrected chi connectivity index (χ1v) is 5.27. The van der Waals surface area contributed by atoms with Crippen molar-refractivity contribution in [2.24, 2.45) is 5.73 Å². The summed E-state index contributed by atoms with van der Waals surface area (Å²) in [5.41, 5.74) is 5.50. The van der Waals surface area contributed by atoms with Crippen molar-refractivity contribution in [3.05, 3.63) is 23.8 Å². The summed E-state index contributed by atoms with van der Waals surface area (Å²) in [7, 11) is 3.10. The van der Waals surface area contributed by atoms with Gasteiger partial charge in [0.05, 0.1) is 14.2 Å². The van der Waals surface area contributed by atoms with Crippen molar-refractivity contribution < 1.29 is 19.4 Å². The SMILES string of the molecule is COc1ccc(C2CC2(N)C(=O)O)cc1OC. The van der Waals surface area contributed by atoms with E-state index in [1.807, 2.05) is 6.07 Å². The molecule has 1 aromatic carbocycles. The molecule has 2 atom stereocenters. The molecule has 1 fully saturated rings. The maximum atomic E-state index is 11.0. The molecule has 2 rings (SSSR count). The maximum Gasteiger partial charge on any atom is 0.324 e. The molecule has 0 radical (unpaired) electrons. The van der Waals surface area contributed by atoms with Crippen molar-refractivity contribution in [1.29, 1.82) is 0 Å². The molecule has 0 heterocycles. The number of hydrogen-bond donors (Lipinski definition) is 2. The Bertz CT molecular complexity index is 460. The average molecular weight is 237 g/mol. The van der Waals surface area contributed by atoms with Crippen molar-refractivity contribution >= 4 is 5.97 Å². The van der Waals surface area contributed by atoms with Crippen LogP contribution in [0.5, 0.6) is 11.5 Å². The highest BCUT2D eigenvalue weighted by Gasteiger charge is 2.58. The third kappa shape index (κ3) is 1.82. The minimum Gasteiger partial charge on any atom is -0.493 e. The summed E-state index contributed by atoms with van der Waals surface area (Å²) < 4.78 is 10.3. The molecule has 0 bridgehead atoms. The number of benzene rings is 1. The molecule has 1 aliphatic carbocycles. The molecule has 5 heteroatoms. The molecule has 92 valence electrons. The highest BCUT2D eigenvalue weighted by atomic mass is 16.5. The van der Waals surface area contributed by atoms with Crippen molar-refractivity contribution in [3.63, 3.8) is 0 Å². The Morgan fingerprint density at radius 3 is 2.53 bits per heavy atom. The maximum absolute atomic E-state index is 11.0. The lowest BCUT2D eigenvalue weighted by Crippen LogP contribution is -2.34. The Morgan fingerprint density at radius 2 is 2.06 bits per heavy atom. The number of hydrogen-bond acceptors (Lipinski definition) is 4. The molecule has 1 saturated carbocycles. The summed E-state index contributed by atoms with van der Waals surface area (Å²) in [5, 5.41) is 8.99. The zero-order chi connectivity index (χ0) is 12.6. The normalized spacial score (nSPS) is 26.4. The van der Waals surface area contributed by atoms with Crippen LogP contribution in [0.15, 0.2) is 18.2 Å². The van der Waals surface area contributed by atoms with E-state index in [-0.39, 0.29) is 5.92 Å². The molecule has 1 aromatic rings.